The van der Waals surface area contributed by atoms with Crippen LogP contribution in [0.15, 0.2) is 0 Å². The monoisotopic (exact) mass is 238 g/mol. The van der Waals surface area contributed by atoms with Crippen molar-refractivity contribution in [1.29, 1.82) is 0 Å². The quantitative estimate of drug-likeness (QED) is 0.769. The van der Waals surface area contributed by atoms with Crippen LogP contribution in [0.3, 0.4) is 0 Å². The van der Waals surface area contributed by atoms with Crippen LogP contribution in [0.5, 0.6) is 0 Å². The Kier molecular flexibility index (Phi) is 3.12. The highest BCUT2D eigenvalue weighted by atomic mass is 16.6. The molecule has 3 aliphatic rings. The first-order valence-corrected chi connectivity index (χ1v) is 7.10. The topological polar surface area (TPSA) is 49.8 Å². The van der Waals surface area contributed by atoms with Crippen LogP contribution in [0.4, 0.5) is 0 Å². The van der Waals surface area contributed by atoms with Gasteiger partial charge in [-0.1, -0.05) is 12.8 Å². The van der Waals surface area contributed by atoms with Crippen molar-refractivity contribution in [2.75, 3.05) is 0 Å². The minimum Gasteiger partial charge on any atom is -0.481 e. The second kappa shape index (κ2) is 4.60. The van der Waals surface area contributed by atoms with Crippen LogP contribution in [0.25, 0.3) is 0 Å². The number of epoxide rings is 1. The van der Waals surface area contributed by atoms with Gasteiger partial charge in [-0.3, -0.25) is 4.79 Å². The molecule has 2 aliphatic carbocycles. The van der Waals surface area contributed by atoms with Gasteiger partial charge in [-0.25, -0.2) is 0 Å². The molecule has 1 saturated heterocycles. The van der Waals surface area contributed by atoms with Gasteiger partial charge in [-0.15, -0.1) is 0 Å². The summed E-state index contributed by atoms with van der Waals surface area (Å²) in [5.74, 6) is 0.813. The largest absolute Gasteiger partial charge is 0.481 e. The van der Waals surface area contributed by atoms with Gasteiger partial charge in [0.25, 0.3) is 0 Å². The van der Waals surface area contributed by atoms with Crippen molar-refractivity contribution >= 4 is 5.97 Å². The summed E-state index contributed by atoms with van der Waals surface area (Å²) in [5.41, 5.74) is 0. The summed E-state index contributed by atoms with van der Waals surface area (Å²) in [4.78, 5) is 11.0. The molecule has 2 saturated carbocycles. The van der Waals surface area contributed by atoms with Crippen molar-refractivity contribution in [3.63, 3.8) is 0 Å². The van der Waals surface area contributed by atoms with E-state index in [2.05, 4.69) is 0 Å². The van der Waals surface area contributed by atoms with E-state index in [1.807, 2.05) is 0 Å². The predicted molar refractivity (Wildman–Crippen MR) is 63.7 cm³/mol. The van der Waals surface area contributed by atoms with Crippen molar-refractivity contribution in [2.24, 2.45) is 17.8 Å². The lowest BCUT2D eigenvalue weighted by atomic mass is 9.74. The molecule has 1 aliphatic heterocycles. The average Bonchev–Trinajstić information content (AvgIpc) is 3.07. The third-order valence-corrected chi connectivity index (χ3v) is 4.91. The van der Waals surface area contributed by atoms with Gasteiger partial charge in [0.15, 0.2) is 0 Å². The molecule has 3 nitrogen and oxygen atoms in total. The predicted octanol–water partition coefficient (Wildman–Crippen LogP) is 2.84. The van der Waals surface area contributed by atoms with Crippen LogP contribution in [0, 0.1) is 17.8 Å². The lowest BCUT2D eigenvalue weighted by Crippen LogP contribution is -2.25. The molecular weight excluding hydrogens is 216 g/mol. The van der Waals surface area contributed by atoms with Gasteiger partial charge in [0.05, 0.1) is 18.1 Å². The van der Waals surface area contributed by atoms with Gasteiger partial charge >= 0.3 is 5.97 Å². The van der Waals surface area contributed by atoms with Gasteiger partial charge in [-0.05, 0) is 50.4 Å². The van der Waals surface area contributed by atoms with E-state index in [0.29, 0.717) is 18.1 Å². The Morgan fingerprint density at radius 2 is 1.88 bits per heavy atom. The molecule has 3 rings (SSSR count). The average molecular weight is 238 g/mol. The summed E-state index contributed by atoms with van der Waals surface area (Å²) in [6.45, 7) is 0. The lowest BCUT2D eigenvalue weighted by Gasteiger charge is -2.30. The van der Waals surface area contributed by atoms with Crippen molar-refractivity contribution in [3.8, 4) is 0 Å². The van der Waals surface area contributed by atoms with Gasteiger partial charge < -0.3 is 9.84 Å². The van der Waals surface area contributed by atoms with E-state index in [1.54, 1.807) is 0 Å². The molecule has 0 bridgehead atoms. The number of ether oxygens (including phenoxy) is 1. The third-order valence-electron chi connectivity index (χ3n) is 4.91. The normalized spacial score (nSPS) is 45.1. The van der Waals surface area contributed by atoms with Gasteiger partial charge in [-0.2, -0.15) is 0 Å². The Balaban J connectivity index is 1.48. The number of hydrogen-bond acceptors (Lipinski definition) is 2. The molecule has 1 N–H and O–H groups in total. The van der Waals surface area contributed by atoms with E-state index in [1.165, 1.54) is 32.1 Å². The van der Waals surface area contributed by atoms with E-state index in [0.717, 1.165) is 25.2 Å². The van der Waals surface area contributed by atoms with Gasteiger partial charge in [0, 0.05) is 0 Å². The SMILES string of the molecule is O=C(O)C1CCCC(CC2CCC3OC3C2)C1. The molecule has 0 spiro atoms. The maximum absolute atomic E-state index is 11.0. The number of carbonyl (C=O) groups is 1. The standard InChI is InChI=1S/C14H22O3/c15-14(16)11-3-1-2-9(7-11)6-10-4-5-12-13(8-10)17-12/h9-13H,1-8H2,(H,15,16). The Hall–Kier alpha value is -0.570. The fourth-order valence-corrected chi connectivity index (χ4v) is 3.90. The Labute approximate surface area is 103 Å². The van der Waals surface area contributed by atoms with Crippen molar-refractivity contribution in [1.82, 2.24) is 0 Å². The third kappa shape index (κ3) is 2.65. The highest BCUT2D eigenvalue weighted by molar-refractivity contribution is 5.70. The molecule has 1 heterocycles. The van der Waals surface area contributed by atoms with E-state index in [4.69, 9.17) is 9.84 Å². The highest BCUT2D eigenvalue weighted by Gasteiger charge is 2.44. The first kappa shape index (κ1) is 11.5. The number of fused-ring (bicyclic) bond motifs is 1. The number of hydrogen-bond donors (Lipinski definition) is 1. The summed E-state index contributed by atoms with van der Waals surface area (Å²) in [6, 6.07) is 0. The second-order valence-electron chi connectivity index (χ2n) is 6.20. The van der Waals surface area contributed by atoms with Crippen molar-refractivity contribution in [2.45, 2.75) is 63.6 Å². The maximum atomic E-state index is 11.0. The second-order valence-corrected chi connectivity index (χ2v) is 6.20. The number of aliphatic carboxylic acids is 1. The van der Waals surface area contributed by atoms with Crippen LogP contribution >= 0.6 is 0 Å². The molecule has 5 unspecified atom stereocenters. The van der Waals surface area contributed by atoms with E-state index < -0.39 is 5.97 Å². The van der Waals surface area contributed by atoms with Crippen molar-refractivity contribution in [3.05, 3.63) is 0 Å². The zero-order valence-corrected chi connectivity index (χ0v) is 10.3. The first-order valence-electron chi connectivity index (χ1n) is 7.10. The highest BCUT2D eigenvalue weighted by Crippen LogP contribution is 2.43. The Bertz CT molecular complexity index is 302. The van der Waals surface area contributed by atoms with Crippen LogP contribution < -0.4 is 0 Å². The molecule has 0 aromatic heterocycles. The van der Waals surface area contributed by atoms with E-state index >= 15 is 0 Å². The summed E-state index contributed by atoms with van der Waals surface area (Å²) in [6.07, 6.45) is 10.3. The van der Waals surface area contributed by atoms with E-state index in [-0.39, 0.29) is 5.92 Å². The summed E-state index contributed by atoms with van der Waals surface area (Å²) in [7, 11) is 0. The molecule has 96 valence electrons. The van der Waals surface area contributed by atoms with Crippen LogP contribution in [-0.2, 0) is 9.53 Å². The zero-order valence-electron chi connectivity index (χ0n) is 10.3. The number of carboxylic acid groups (broad SMARTS) is 1. The molecule has 0 amide bonds. The van der Waals surface area contributed by atoms with Crippen LogP contribution in [-0.4, -0.2) is 23.3 Å². The fraction of sp³-hybridized carbons (Fsp3) is 0.929. The molecule has 17 heavy (non-hydrogen) atoms. The Morgan fingerprint density at radius 1 is 1.06 bits per heavy atom. The lowest BCUT2D eigenvalue weighted by molar-refractivity contribution is -0.143. The van der Waals surface area contributed by atoms with E-state index in [9.17, 15) is 4.79 Å². The number of rotatable bonds is 3. The summed E-state index contributed by atoms with van der Waals surface area (Å²) in [5, 5.41) is 9.09. The molecule has 3 fully saturated rings. The number of carboxylic acids is 1. The minimum atomic E-state index is -0.580. The van der Waals surface area contributed by atoms with Crippen LogP contribution in [0.2, 0.25) is 0 Å². The van der Waals surface area contributed by atoms with Crippen molar-refractivity contribution < 1.29 is 14.6 Å². The molecule has 0 aromatic rings. The fourth-order valence-electron chi connectivity index (χ4n) is 3.90. The molecule has 0 radical (unpaired) electrons. The molecule has 3 heteroatoms. The van der Waals surface area contributed by atoms with Gasteiger partial charge in [0.1, 0.15) is 0 Å². The van der Waals surface area contributed by atoms with Crippen LogP contribution in [0.1, 0.15) is 51.4 Å². The molecule has 5 atom stereocenters. The molecular formula is C14H22O3. The summed E-state index contributed by atoms with van der Waals surface area (Å²) >= 11 is 0. The first-order chi connectivity index (χ1) is 8.22. The summed E-state index contributed by atoms with van der Waals surface area (Å²) < 4.78 is 5.56. The maximum Gasteiger partial charge on any atom is 0.306 e. The van der Waals surface area contributed by atoms with Gasteiger partial charge in [0.2, 0.25) is 0 Å². The smallest absolute Gasteiger partial charge is 0.306 e. The minimum absolute atomic E-state index is 0.0673. The Morgan fingerprint density at radius 3 is 2.65 bits per heavy atom. The zero-order chi connectivity index (χ0) is 11.8. The molecule has 0 aromatic carbocycles.